The Hall–Kier alpha value is -1.98. The largest absolute Gasteiger partial charge is 0.416 e. The number of anilines is 1. The van der Waals surface area contributed by atoms with E-state index in [1.54, 1.807) is 4.68 Å². The van der Waals surface area contributed by atoms with Crippen molar-refractivity contribution in [2.24, 2.45) is 0 Å². The van der Waals surface area contributed by atoms with Gasteiger partial charge in [-0.25, -0.2) is 4.68 Å². The number of hydrogen-bond donors (Lipinski definition) is 1. The molecule has 1 fully saturated rings. The van der Waals surface area contributed by atoms with Gasteiger partial charge >= 0.3 is 6.18 Å². The Morgan fingerprint density at radius 2 is 1.86 bits per heavy atom. The molecule has 0 atom stereocenters. The van der Waals surface area contributed by atoms with Crippen molar-refractivity contribution in [2.75, 3.05) is 11.9 Å². The first-order chi connectivity index (χ1) is 10.5. The Labute approximate surface area is 126 Å². The van der Waals surface area contributed by atoms with Crippen LogP contribution >= 0.6 is 0 Å². The van der Waals surface area contributed by atoms with Crippen LogP contribution < -0.4 is 5.32 Å². The zero-order chi connectivity index (χ0) is 15.3. The molecular weight excluding hydrogens is 291 g/mol. The second kappa shape index (κ2) is 4.76. The smallest absolute Gasteiger partial charge is 0.369 e. The van der Waals surface area contributed by atoms with Gasteiger partial charge in [0.05, 0.1) is 16.9 Å². The summed E-state index contributed by atoms with van der Waals surface area (Å²) in [5.74, 6) is 1.46. The first kappa shape index (κ1) is 13.7. The lowest BCUT2D eigenvalue weighted by atomic mass is 9.81. The lowest BCUT2D eigenvalue weighted by Gasteiger charge is -2.24. The van der Waals surface area contributed by atoms with E-state index in [2.05, 4.69) is 10.4 Å². The third-order valence-corrected chi connectivity index (χ3v) is 4.61. The molecule has 2 aliphatic rings. The summed E-state index contributed by atoms with van der Waals surface area (Å²) in [6.45, 7) is 0.869. The molecule has 1 aliphatic carbocycles. The molecule has 0 bridgehead atoms. The molecule has 22 heavy (non-hydrogen) atoms. The summed E-state index contributed by atoms with van der Waals surface area (Å²) in [5.41, 5.74) is 2.41. The van der Waals surface area contributed by atoms with Gasteiger partial charge in [0.1, 0.15) is 5.82 Å². The van der Waals surface area contributed by atoms with E-state index in [9.17, 15) is 13.2 Å². The molecule has 0 unspecified atom stereocenters. The van der Waals surface area contributed by atoms with Gasteiger partial charge in [-0.05, 0) is 43.5 Å². The maximum Gasteiger partial charge on any atom is 0.416 e. The van der Waals surface area contributed by atoms with Crippen molar-refractivity contribution >= 4 is 5.82 Å². The summed E-state index contributed by atoms with van der Waals surface area (Å²) < 4.78 is 39.8. The van der Waals surface area contributed by atoms with E-state index in [-0.39, 0.29) is 0 Å². The van der Waals surface area contributed by atoms with Gasteiger partial charge in [-0.1, -0.05) is 6.42 Å². The monoisotopic (exact) mass is 307 g/mol. The first-order valence-corrected chi connectivity index (χ1v) is 7.57. The molecule has 4 rings (SSSR count). The zero-order valence-electron chi connectivity index (χ0n) is 12.0. The minimum absolute atomic E-state index is 0.518. The van der Waals surface area contributed by atoms with Crippen molar-refractivity contribution in [2.45, 2.75) is 37.8 Å². The van der Waals surface area contributed by atoms with Gasteiger partial charge < -0.3 is 5.32 Å². The van der Waals surface area contributed by atoms with E-state index in [1.807, 2.05) is 0 Å². The summed E-state index contributed by atoms with van der Waals surface area (Å²) in [7, 11) is 0. The van der Waals surface area contributed by atoms with Crippen LogP contribution in [0, 0.1) is 0 Å². The number of fused-ring (bicyclic) bond motifs is 1. The fraction of sp³-hybridized carbons (Fsp3) is 0.438. The molecule has 0 radical (unpaired) electrons. The number of alkyl halides is 3. The number of aromatic nitrogens is 2. The van der Waals surface area contributed by atoms with E-state index < -0.39 is 11.7 Å². The molecule has 2 heterocycles. The summed E-state index contributed by atoms with van der Waals surface area (Å²) in [6.07, 6.45) is 0.203. The van der Waals surface area contributed by atoms with Crippen molar-refractivity contribution < 1.29 is 13.2 Å². The summed E-state index contributed by atoms with van der Waals surface area (Å²) >= 11 is 0. The topological polar surface area (TPSA) is 29.9 Å². The van der Waals surface area contributed by atoms with E-state index in [0.717, 1.165) is 49.5 Å². The lowest BCUT2D eigenvalue weighted by Crippen LogP contribution is -2.12. The minimum atomic E-state index is -4.31. The minimum Gasteiger partial charge on any atom is -0.369 e. The number of halogens is 3. The summed E-state index contributed by atoms with van der Waals surface area (Å²) in [4.78, 5) is 0. The Bertz CT molecular complexity index is 697. The highest BCUT2D eigenvalue weighted by molar-refractivity contribution is 5.58. The van der Waals surface area contributed by atoms with Crippen LogP contribution in [0.2, 0.25) is 0 Å². The quantitative estimate of drug-likeness (QED) is 0.904. The van der Waals surface area contributed by atoms with E-state index in [1.165, 1.54) is 24.1 Å². The molecule has 1 aromatic carbocycles. The van der Waals surface area contributed by atoms with Gasteiger partial charge in [-0.2, -0.15) is 18.3 Å². The molecular formula is C16H16F3N3. The van der Waals surface area contributed by atoms with E-state index >= 15 is 0 Å². The number of nitrogens with one attached hydrogen (secondary N) is 1. The van der Waals surface area contributed by atoms with Crippen LogP contribution in [0.15, 0.2) is 24.3 Å². The summed E-state index contributed by atoms with van der Waals surface area (Å²) in [5, 5.41) is 8.00. The molecule has 2 aromatic rings. The highest BCUT2D eigenvalue weighted by atomic mass is 19.4. The molecule has 6 heteroatoms. The second-order valence-electron chi connectivity index (χ2n) is 5.97. The Morgan fingerprint density at radius 3 is 2.45 bits per heavy atom. The average molecular weight is 307 g/mol. The van der Waals surface area contributed by atoms with Gasteiger partial charge in [0.15, 0.2) is 0 Å². The van der Waals surface area contributed by atoms with E-state index in [4.69, 9.17) is 0 Å². The van der Waals surface area contributed by atoms with Crippen molar-refractivity contribution in [3.8, 4) is 5.69 Å². The number of rotatable bonds is 2. The average Bonchev–Trinajstić information content (AvgIpc) is 3.00. The Morgan fingerprint density at radius 1 is 1.14 bits per heavy atom. The van der Waals surface area contributed by atoms with Crippen molar-refractivity contribution in [1.29, 1.82) is 0 Å². The fourth-order valence-corrected chi connectivity index (χ4v) is 3.19. The molecule has 1 saturated carbocycles. The number of nitrogens with zero attached hydrogens (tertiary/aromatic N) is 2. The van der Waals surface area contributed by atoms with Crippen LogP contribution in [-0.4, -0.2) is 16.3 Å². The normalized spacial score (nSPS) is 18.0. The molecule has 1 N–H and O–H groups in total. The standard InChI is InChI=1S/C16H16F3N3/c17-16(18,19)11-4-6-12(7-5-11)22-15-13(8-9-20-15)14(21-22)10-2-1-3-10/h4-7,10,20H,1-3,8-9H2. The number of hydrogen-bond acceptors (Lipinski definition) is 2. The molecule has 3 nitrogen and oxygen atoms in total. The summed E-state index contributed by atoms with van der Waals surface area (Å²) in [6, 6.07) is 5.20. The van der Waals surface area contributed by atoms with Crippen LogP contribution in [0.4, 0.5) is 19.0 Å². The maximum atomic E-state index is 12.7. The lowest BCUT2D eigenvalue weighted by molar-refractivity contribution is -0.137. The van der Waals surface area contributed by atoms with Crippen molar-refractivity contribution in [1.82, 2.24) is 9.78 Å². The molecule has 0 amide bonds. The molecule has 1 aliphatic heterocycles. The Kier molecular flexibility index (Phi) is 2.96. The van der Waals surface area contributed by atoms with Gasteiger partial charge in [0.25, 0.3) is 0 Å². The second-order valence-corrected chi connectivity index (χ2v) is 5.97. The molecule has 0 saturated heterocycles. The molecule has 116 valence electrons. The molecule has 1 aromatic heterocycles. The zero-order valence-corrected chi connectivity index (χ0v) is 12.0. The SMILES string of the molecule is FC(F)(F)c1ccc(-n2nc(C3CCC3)c3c2NCC3)cc1. The van der Waals surface area contributed by atoms with Crippen LogP contribution in [-0.2, 0) is 12.6 Å². The highest BCUT2D eigenvalue weighted by Gasteiger charge is 2.32. The van der Waals surface area contributed by atoms with Crippen LogP contribution in [0.1, 0.15) is 42.0 Å². The number of benzene rings is 1. The Balaban J connectivity index is 1.73. The third-order valence-electron chi connectivity index (χ3n) is 4.61. The fourth-order valence-electron chi connectivity index (χ4n) is 3.19. The predicted molar refractivity (Wildman–Crippen MR) is 77.4 cm³/mol. The third kappa shape index (κ3) is 2.09. The van der Waals surface area contributed by atoms with Gasteiger partial charge in [-0.3, -0.25) is 0 Å². The highest BCUT2D eigenvalue weighted by Crippen LogP contribution is 2.41. The van der Waals surface area contributed by atoms with Crippen molar-refractivity contribution in [3.05, 3.63) is 41.1 Å². The van der Waals surface area contributed by atoms with Crippen LogP contribution in [0.3, 0.4) is 0 Å². The van der Waals surface area contributed by atoms with Gasteiger partial charge in [0.2, 0.25) is 0 Å². The maximum absolute atomic E-state index is 12.7. The van der Waals surface area contributed by atoms with Crippen molar-refractivity contribution in [3.63, 3.8) is 0 Å². The van der Waals surface area contributed by atoms with Crippen LogP contribution in [0.25, 0.3) is 5.69 Å². The predicted octanol–water partition coefficient (Wildman–Crippen LogP) is 4.13. The van der Waals surface area contributed by atoms with Gasteiger partial charge in [0, 0.05) is 18.0 Å². The molecule has 0 spiro atoms. The van der Waals surface area contributed by atoms with Gasteiger partial charge in [-0.15, -0.1) is 0 Å². The van der Waals surface area contributed by atoms with Crippen LogP contribution in [0.5, 0.6) is 0 Å². The first-order valence-electron chi connectivity index (χ1n) is 7.57. The van der Waals surface area contributed by atoms with E-state index in [0.29, 0.717) is 11.6 Å².